The molecule has 0 atom stereocenters. The number of benzene rings is 3. The normalized spacial score (nSPS) is 11.5. The number of hydrogen-bond donors (Lipinski definition) is 0. The lowest BCUT2D eigenvalue weighted by molar-refractivity contribution is 0.0998. The molecule has 136 valence electrons. The van der Waals surface area contributed by atoms with Gasteiger partial charge < -0.3 is 4.57 Å². The van der Waals surface area contributed by atoms with E-state index in [1.807, 2.05) is 59.2 Å². The van der Waals surface area contributed by atoms with Gasteiger partial charge in [-0.2, -0.15) is 4.99 Å². The van der Waals surface area contributed by atoms with E-state index in [1.165, 1.54) is 11.3 Å². The first-order valence-corrected chi connectivity index (χ1v) is 9.82. The summed E-state index contributed by atoms with van der Waals surface area (Å²) in [6.07, 6.45) is 5.50. The number of amides is 1. The van der Waals surface area contributed by atoms with E-state index in [2.05, 4.69) is 10.9 Å². The number of thiazole rings is 1. The number of carbonyl (C=O) groups excluding carboxylic acids is 1. The fourth-order valence-corrected chi connectivity index (χ4v) is 4.27. The molecule has 0 bridgehead atoms. The van der Waals surface area contributed by atoms with E-state index in [9.17, 15) is 4.79 Å². The fourth-order valence-electron chi connectivity index (χ4n) is 2.96. The van der Waals surface area contributed by atoms with Crippen molar-refractivity contribution < 1.29 is 4.79 Å². The van der Waals surface area contributed by atoms with Gasteiger partial charge in [-0.3, -0.25) is 4.79 Å². The summed E-state index contributed by atoms with van der Waals surface area (Å²) >= 11 is 7.48. The topological polar surface area (TPSA) is 34.4 Å². The van der Waals surface area contributed by atoms with Crippen molar-refractivity contribution in [2.75, 3.05) is 0 Å². The van der Waals surface area contributed by atoms with Crippen LogP contribution < -0.4 is 4.80 Å². The number of aromatic nitrogens is 1. The van der Waals surface area contributed by atoms with E-state index in [1.54, 1.807) is 18.2 Å². The van der Waals surface area contributed by atoms with Crippen molar-refractivity contribution in [1.29, 1.82) is 0 Å². The Labute approximate surface area is 171 Å². The van der Waals surface area contributed by atoms with Crippen molar-refractivity contribution in [3.05, 3.63) is 88.2 Å². The average Bonchev–Trinajstić information content (AvgIpc) is 3.05. The van der Waals surface area contributed by atoms with Gasteiger partial charge in [-0.25, -0.2) is 0 Å². The zero-order chi connectivity index (χ0) is 19.5. The van der Waals surface area contributed by atoms with Crippen LogP contribution >= 0.6 is 22.9 Å². The molecule has 0 saturated heterocycles. The molecule has 0 aliphatic heterocycles. The summed E-state index contributed by atoms with van der Waals surface area (Å²) in [6.45, 7) is 0.334. The number of fused-ring (bicyclic) bond motifs is 1. The lowest BCUT2D eigenvalue weighted by Gasteiger charge is -2.02. The predicted octanol–water partition coefficient (Wildman–Crippen LogP) is 5.40. The highest BCUT2D eigenvalue weighted by Crippen LogP contribution is 2.22. The van der Waals surface area contributed by atoms with Crippen LogP contribution in [0.4, 0.5) is 0 Å². The van der Waals surface area contributed by atoms with Crippen molar-refractivity contribution in [3.63, 3.8) is 0 Å². The van der Waals surface area contributed by atoms with Crippen molar-refractivity contribution in [2.24, 2.45) is 4.99 Å². The summed E-state index contributed by atoms with van der Waals surface area (Å²) < 4.78 is 2.79. The third-order valence-corrected chi connectivity index (χ3v) is 5.61. The molecular formula is C23H15ClN2OS. The highest BCUT2D eigenvalue weighted by atomic mass is 35.5. The van der Waals surface area contributed by atoms with Crippen LogP contribution in [-0.4, -0.2) is 10.5 Å². The summed E-state index contributed by atoms with van der Waals surface area (Å²) in [6, 6.07) is 23.0. The SMILES string of the molecule is C#CCn1c(=NC(=O)c2ccc(-c3ccccc3)cc2)sc2cc(Cl)ccc21. The van der Waals surface area contributed by atoms with Crippen molar-refractivity contribution >= 4 is 39.1 Å². The van der Waals surface area contributed by atoms with Gasteiger partial charge in [0.1, 0.15) is 0 Å². The molecule has 0 fully saturated rings. The van der Waals surface area contributed by atoms with E-state index in [0.29, 0.717) is 21.9 Å². The highest BCUT2D eigenvalue weighted by Gasteiger charge is 2.09. The van der Waals surface area contributed by atoms with Crippen molar-refractivity contribution in [1.82, 2.24) is 4.57 Å². The molecule has 1 aromatic heterocycles. The first kappa shape index (κ1) is 18.2. The number of terminal acetylenes is 1. The molecule has 4 rings (SSSR count). The Morgan fingerprint density at radius 1 is 1.04 bits per heavy atom. The summed E-state index contributed by atoms with van der Waals surface area (Å²) in [5, 5.41) is 0.635. The monoisotopic (exact) mass is 402 g/mol. The molecule has 3 nitrogen and oxygen atoms in total. The third kappa shape index (κ3) is 3.63. The lowest BCUT2D eigenvalue weighted by Crippen LogP contribution is -2.16. The maximum atomic E-state index is 12.7. The number of carbonyl (C=O) groups is 1. The Bertz CT molecular complexity index is 1260. The predicted molar refractivity (Wildman–Crippen MR) is 115 cm³/mol. The first-order chi connectivity index (χ1) is 13.7. The van der Waals surface area contributed by atoms with Crippen LogP contribution in [0.2, 0.25) is 5.02 Å². The van der Waals surface area contributed by atoms with Gasteiger partial charge in [0, 0.05) is 10.6 Å². The highest BCUT2D eigenvalue weighted by molar-refractivity contribution is 7.16. The zero-order valence-corrected chi connectivity index (χ0v) is 16.4. The maximum Gasteiger partial charge on any atom is 0.279 e. The molecule has 0 saturated carbocycles. The average molecular weight is 403 g/mol. The molecule has 5 heteroatoms. The molecule has 0 aliphatic carbocycles. The second-order valence-electron chi connectivity index (χ2n) is 6.15. The van der Waals surface area contributed by atoms with Gasteiger partial charge in [0.05, 0.1) is 16.8 Å². The molecule has 28 heavy (non-hydrogen) atoms. The van der Waals surface area contributed by atoms with Gasteiger partial charge in [-0.1, -0.05) is 71.3 Å². The summed E-state index contributed by atoms with van der Waals surface area (Å²) in [7, 11) is 0. The molecule has 3 aromatic carbocycles. The number of nitrogens with zero attached hydrogens (tertiary/aromatic N) is 2. The molecule has 0 aliphatic rings. The van der Waals surface area contributed by atoms with Gasteiger partial charge in [-0.15, -0.1) is 6.42 Å². The maximum absolute atomic E-state index is 12.7. The summed E-state index contributed by atoms with van der Waals surface area (Å²) in [5.74, 6) is 2.32. The second-order valence-corrected chi connectivity index (χ2v) is 7.59. The fraction of sp³-hybridized carbons (Fsp3) is 0.0435. The summed E-state index contributed by atoms with van der Waals surface area (Å²) in [5.41, 5.74) is 3.60. The smallest absolute Gasteiger partial charge is 0.279 e. The van der Waals surface area contributed by atoms with Crippen LogP contribution in [0.1, 0.15) is 10.4 Å². The molecule has 1 heterocycles. The molecular weight excluding hydrogens is 388 g/mol. The number of rotatable bonds is 3. The van der Waals surface area contributed by atoms with E-state index in [0.717, 1.165) is 21.3 Å². The molecule has 0 N–H and O–H groups in total. The second kappa shape index (κ2) is 7.85. The molecule has 0 unspecified atom stereocenters. The van der Waals surface area contributed by atoms with E-state index >= 15 is 0 Å². The molecule has 4 aromatic rings. The van der Waals surface area contributed by atoms with Crippen LogP contribution in [0, 0.1) is 12.3 Å². The lowest BCUT2D eigenvalue weighted by atomic mass is 10.0. The van der Waals surface area contributed by atoms with E-state index in [4.69, 9.17) is 18.0 Å². The van der Waals surface area contributed by atoms with E-state index < -0.39 is 0 Å². The largest absolute Gasteiger partial charge is 0.305 e. The Morgan fingerprint density at radius 2 is 1.75 bits per heavy atom. The Balaban J connectivity index is 1.72. The Hall–Kier alpha value is -3.13. The van der Waals surface area contributed by atoms with Crippen LogP contribution in [0.3, 0.4) is 0 Å². The van der Waals surface area contributed by atoms with Gasteiger partial charge in [0.15, 0.2) is 4.80 Å². The molecule has 1 amide bonds. The van der Waals surface area contributed by atoms with Crippen molar-refractivity contribution in [3.8, 4) is 23.5 Å². The minimum absolute atomic E-state index is 0.303. The zero-order valence-electron chi connectivity index (χ0n) is 14.8. The van der Waals surface area contributed by atoms with Crippen LogP contribution in [0.5, 0.6) is 0 Å². The minimum atomic E-state index is -0.303. The quantitative estimate of drug-likeness (QED) is 0.422. The molecule has 0 radical (unpaired) electrons. The third-order valence-electron chi connectivity index (χ3n) is 4.33. The summed E-state index contributed by atoms with van der Waals surface area (Å²) in [4.78, 5) is 17.6. The van der Waals surface area contributed by atoms with Gasteiger partial charge in [0.2, 0.25) is 0 Å². The van der Waals surface area contributed by atoms with E-state index in [-0.39, 0.29) is 5.91 Å². The van der Waals surface area contributed by atoms with Crippen LogP contribution in [0.25, 0.3) is 21.3 Å². The van der Waals surface area contributed by atoms with Crippen LogP contribution in [0.15, 0.2) is 77.8 Å². The van der Waals surface area contributed by atoms with Gasteiger partial charge in [0.25, 0.3) is 5.91 Å². The van der Waals surface area contributed by atoms with Crippen LogP contribution in [-0.2, 0) is 6.54 Å². The first-order valence-electron chi connectivity index (χ1n) is 8.62. The Morgan fingerprint density at radius 3 is 2.46 bits per heavy atom. The Kier molecular flexibility index (Phi) is 5.12. The number of halogens is 1. The van der Waals surface area contributed by atoms with Crippen molar-refractivity contribution in [2.45, 2.75) is 6.54 Å². The van der Waals surface area contributed by atoms with Gasteiger partial charge >= 0.3 is 0 Å². The standard InChI is InChI=1S/C23H15ClN2OS/c1-2-14-26-20-13-12-19(24)15-21(20)28-23(26)25-22(27)18-10-8-17(9-11-18)16-6-4-3-5-7-16/h1,3-13,15H,14H2. The minimum Gasteiger partial charge on any atom is -0.305 e. The molecule has 0 spiro atoms. The number of hydrogen-bond acceptors (Lipinski definition) is 2. The van der Waals surface area contributed by atoms with Gasteiger partial charge in [-0.05, 0) is 41.5 Å².